The van der Waals surface area contributed by atoms with E-state index in [1.165, 1.54) is 0 Å². The Morgan fingerprint density at radius 1 is 0.339 bits per heavy atom. The van der Waals surface area contributed by atoms with Crippen LogP contribution in [0.5, 0.6) is 0 Å². The van der Waals surface area contributed by atoms with Crippen LogP contribution in [-0.2, 0) is 0 Å². The first-order valence-corrected chi connectivity index (χ1v) is 18.0. The van der Waals surface area contributed by atoms with E-state index in [1.807, 2.05) is 84.1 Å². The summed E-state index contributed by atoms with van der Waals surface area (Å²) in [5, 5.41) is 19.8. The minimum absolute atomic E-state index is 0.171. The average Bonchev–Trinajstić information content (AvgIpc) is 3.11. The van der Waals surface area contributed by atoms with Crippen molar-refractivity contribution >= 4 is 41.6 Å². The van der Waals surface area contributed by atoms with Crippen molar-refractivity contribution in [2.75, 3.05) is 89.6 Å². The second kappa shape index (κ2) is 19.2. The molecule has 0 aliphatic carbocycles. The molecule has 5 aromatic heterocycles. The maximum absolute atomic E-state index is 5.02. The summed E-state index contributed by atoms with van der Waals surface area (Å²) in [7, 11) is 1.84. The van der Waals surface area contributed by atoms with Crippen LogP contribution in [-0.4, -0.2) is 128 Å². The predicted molar refractivity (Wildman–Crippen MR) is 211 cm³/mol. The number of hydrogen-bond acceptors (Lipinski definition) is 24. The Bertz CT molecular complexity index is 1920. The first kappa shape index (κ1) is 40.7. The molecule has 0 aliphatic heterocycles. The monoisotopic (exact) mass is 770 g/mol. The lowest BCUT2D eigenvalue weighted by molar-refractivity contribution is 0.655. The van der Waals surface area contributed by atoms with Crippen molar-refractivity contribution in [2.45, 2.75) is 62.3 Å². The fourth-order valence-corrected chi connectivity index (χ4v) is 5.24. The van der Waals surface area contributed by atoms with E-state index >= 15 is 0 Å². The molecule has 0 saturated heterocycles. The highest BCUT2D eigenvalue weighted by Gasteiger charge is 2.22. The van der Waals surface area contributed by atoms with Crippen molar-refractivity contribution in [3.8, 4) is 0 Å². The molecule has 0 atom stereocenters. The van der Waals surface area contributed by atoms with Crippen molar-refractivity contribution in [1.29, 1.82) is 0 Å². The van der Waals surface area contributed by atoms with E-state index in [0.29, 0.717) is 108 Å². The second-order valence-corrected chi connectivity index (χ2v) is 12.5. The molecular weight excluding hydrogens is 721 g/mol. The van der Waals surface area contributed by atoms with Crippen LogP contribution in [0.3, 0.4) is 0 Å². The van der Waals surface area contributed by atoms with E-state index < -0.39 is 0 Å². The third-order valence-electron chi connectivity index (χ3n) is 7.50. The van der Waals surface area contributed by atoms with Crippen LogP contribution >= 0.6 is 0 Å². The van der Waals surface area contributed by atoms with Crippen LogP contribution in [0.2, 0.25) is 0 Å². The topological polar surface area (TPSA) is 275 Å². The summed E-state index contributed by atoms with van der Waals surface area (Å²) in [5.41, 5.74) is 0. The molecule has 5 aromatic rings. The van der Waals surface area contributed by atoms with E-state index in [4.69, 9.17) is 15.0 Å². The summed E-state index contributed by atoms with van der Waals surface area (Å²) in [5.74, 6) is 7.40. The quantitative estimate of drug-likeness (QED) is 0.0589. The molecule has 5 rings (SSSR count). The van der Waals surface area contributed by atoms with Crippen molar-refractivity contribution < 1.29 is 0 Å². The van der Waals surface area contributed by atoms with Crippen LogP contribution in [0.1, 0.15) is 53.5 Å². The number of anilines is 7. The largest absolute Gasteiger partial charge is 0.336 e. The minimum Gasteiger partial charge on any atom is -0.336 e. The van der Waals surface area contributed by atoms with Crippen LogP contribution in [0.4, 0.5) is 41.6 Å². The van der Waals surface area contributed by atoms with E-state index in [2.05, 4.69) is 91.7 Å². The van der Waals surface area contributed by atoms with Gasteiger partial charge in [0.1, 0.15) is 46.6 Å². The molecule has 0 radical (unpaired) electrons. The molecule has 0 amide bonds. The standard InChI is InChI=1S/C32H50N24/c1-11-34-13-55(15-36-27-45-20(4)40-21(5)46-27)31-51-30(54(12-33-10)14-35-26-43-18(2)39-19(3)44-26)52-32(53-31)56(16-37-28-47-22(6)41-23(7)48-28)17-38-29-49-24(8)42-25(9)50-29/h33-34H,11-17H2,1-10H3,(H,35,39,43,44)(H,36,40,45,46)(H,37,41,47,48)(H,38,42,49,50). The van der Waals surface area contributed by atoms with E-state index in [1.54, 1.807) is 0 Å². The fourth-order valence-electron chi connectivity index (χ4n) is 5.24. The van der Waals surface area contributed by atoms with E-state index in [0.717, 1.165) is 0 Å². The number of nitrogens with one attached hydrogen (secondary N) is 6. The summed E-state index contributed by atoms with van der Waals surface area (Å²) in [4.78, 5) is 73.6. The maximum atomic E-state index is 5.02. The summed E-state index contributed by atoms with van der Waals surface area (Å²) < 4.78 is 0. The SMILES string of the molecule is CCNCN(CNc1nc(C)nc(C)n1)c1nc(N(CNC)CNc2nc(C)nc(C)n2)nc(N(CNc2nc(C)nc(C)n2)CNc2nc(C)nc(C)n2)n1. The van der Waals surface area contributed by atoms with E-state index in [-0.39, 0.29) is 26.7 Å². The van der Waals surface area contributed by atoms with Crippen LogP contribution < -0.4 is 46.6 Å². The molecule has 24 heteroatoms. The van der Waals surface area contributed by atoms with Crippen molar-refractivity contribution in [1.82, 2.24) is 85.4 Å². The molecule has 0 spiro atoms. The fraction of sp³-hybridized carbons (Fsp3) is 0.531. The lowest BCUT2D eigenvalue weighted by Crippen LogP contribution is -2.42. The number of rotatable bonds is 20. The zero-order chi connectivity index (χ0) is 40.2. The van der Waals surface area contributed by atoms with Gasteiger partial charge in [-0.3, -0.25) is 0 Å². The van der Waals surface area contributed by atoms with Crippen LogP contribution in [0.15, 0.2) is 0 Å². The molecule has 0 unspecified atom stereocenters. The van der Waals surface area contributed by atoms with E-state index in [9.17, 15) is 0 Å². The molecule has 298 valence electrons. The van der Waals surface area contributed by atoms with Gasteiger partial charge in [0.2, 0.25) is 41.6 Å². The van der Waals surface area contributed by atoms with Gasteiger partial charge in [0.25, 0.3) is 0 Å². The Balaban J connectivity index is 1.57. The van der Waals surface area contributed by atoms with Gasteiger partial charge >= 0.3 is 0 Å². The first-order valence-electron chi connectivity index (χ1n) is 18.0. The molecule has 6 N–H and O–H groups in total. The molecule has 0 aliphatic rings. The predicted octanol–water partition coefficient (Wildman–Crippen LogP) is 0.520. The number of hydrogen-bond donors (Lipinski definition) is 6. The van der Waals surface area contributed by atoms with Gasteiger partial charge in [-0.15, -0.1) is 0 Å². The Morgan fingerprint density at radius 2 is 0.589 bits per heavy atom. The molecular formula is C32H50N24. The zero-order valence-corrected chi connectivity index (χ0v) is 33.5. The van der Waals surface area contributed by atoms with Crippen LogP contribution in [0.25, 0.3) is 0 Å². The molecule has 0 aromatic carbocycles. The lowest BCUT2D eigenvalue weighted by atomic mass is 10.6. The van der Waals surface area contributed by atoms with Gasteiger partial charge in [0, 0.05) is 0 Å². The first-order chi connectivity index (χ1) is 26.9. The third kappa shape index (κ3) is 12.0. The lowest BCUT2D eigenvalue weighted by Gasteiger charge is -2.29. The van der Waals surface area contributed by atoms with Gasteiger partial charge in [-0.25, -0.2) is 19.9 Å². The van der Waals surface area contributed by atoms with Gasteiger partial charge < -0.3 is 46.6 Å². The van der Waals surface area contributed by atoms with Gasteiger partial charge in [0.05, 0.1) is 40.0 Å². The average molecular weight is 771 g/mol. The molecule has 0 saturated carbocycles. The Kier molecular flexibility index (Phi) is 14.0. The molecule has 0 fully saturated rings. The van der Waals surface area contributed by atoms with Crippen molar-refractivity contribution in [3.63, 3.8) is 0 Å². The zero-order valence-electron chi connectivity index (χ0n) is 33.5. The number of aromatic nitrogens is 15. The van der Waals surface area contributed by atoms with Crippen LogP contribution in [0, 0.1) is 55.4 Å². The Labute approximate surface area is 325 Å². The minimum atomic E-state index is 0.171. The highest BCUT2D eigenvalue weighted by atomic mass is 15.5. The Hall–Kier alpha value is -6.43. The Morgan fingerprint density at radius 3 is 0.839 bits per heavy atom. The van der Waals surface area contributed by atoms with Crippen molar-refractivity contribution in [3.05, 3.63) is 46.6 Å². The van der Waals surface area contributed by atoms with Gasteiger partial charge in [-0.2, -0.15) is 54.8 Å². The molecule has 56 heavy (non-hydrogen) atoms. The maximum Gasteiger partial charge on any atom is 0.234 e. The summed E-state index contributed by atoms with van der Waals surface area (Å²) in [6, 6.07) is 0. The summed E-state index contributed by atoms with van der Waals surface area (Å²) >= 11 is 0. The molecule has 5 heterocycles. The normalized spacial score (nSPS) is 11.0. The van der Waals surface area contributed by atoms with Gasteiger partial charge in [-0.05, 0) is 69.0 Å². The van der Waals surface area contributed by atoms with Gasteiger partial charge in [0.15, 0.2) is 0 Å². The third-order valence-corrected chi connectivity index (χ3v) is 7.50. The number of nitrogens with zero attached hydrogens (tertiary/aromatic N) is 18. The summed E-state index contributed by atoms with van der Waals surface area (Å²) in [6.45, 7) is 18.8. The van der Waals surface area contributed by atoms with Gasteiger partial charge in [-0.1, -0.05) is 6.92 Å². The highest BCUT2D eigenvalue weighted by molar-refractivity contribution is 5.49. The molecule has 0 bridgehead atoms. The smallest absolute Gasteiger partial charge is 0.234 e. The molecule has 24 nitrogen and oxygen atoms in total. The van der Waals surface area contributed by atoms with Crippen molar-refractivity contribution in [2.24, 2.45) is 0 Å². The summed E-state index contributed by atoms with van der Waals surface area (Å²) in [6.07, 6.45) is 0. The highest BCUT2D eigenvalue weighted by Crippen LogP contribution is 2.20. The second-order valence-electron chi connectivity index (χ2n) is 12.5. The number of aryl methyl sites for hydroxylation is 8.